The highest BCUT2D eigenvalue weighted by Gasteiger charge is 2.35. The highest BCUT2D eigenvalue weighted by Crippen LogP contribution is 2.42. The summed E-state index contributed by atoms with van der Waals surface area (Å²) in [6.45, 7) is 7.73. The van der Waals surface area contributed by atoms with Crippen LogP contribution in [0.1, 0.15) is 85.6 Å². The zero-order chi connectivity index (χ0) is 31.6. The van der Waals surface area contributed by atoms with Gasteiger partial charge in [-0.1, -0.05) is 44.2 Å². The Bertz CT molecular complexity index is 1580. The second kappa shape index (κ2) is 13.0. The third-order valence-corrected chi connectivity index (χ3v) is 8.00. The lowest BCUT2D eigenvalue weighted by Gasteiger charge is -2.39. The van der Waals surface area contributed by atoms with Crippen molar-refractivity contribution in [3.05, 3.63) is 82.3 Å². The number of nitrogens with zero attached hydrogens (tertiary/aromatic N) is 1. The van der Waals surface area contributed by atoms with E-state index in [1.165, 1.54) is 19.2 Å². The maximum Gasteiger partial charge on any atom is 0.305 e. The number of benzene rings is 2. The maximum absolute atomic E-state index is 14.1. The molecule has 232 valence electrons. The number of fused-ring (bicyclic) bond motifs is 3. The van der Waals surface area contributed by atoms with Crippen molar-refractivity contribution >= 4 is 18.0 Å². The number of ether oxygens (including phenoxy) is 2. The van der Waals surface area contributed by atoms with E-state index in [4.69, 9.17) is 19.3 Å². The summed E-state index contributed by atoms with van der Waals surface area (Å²) in [5.41, 5.74) is 10.3. The van der Waals surface area contributed by atoms with E-state index in [2.05, 4.69) is 19.3 Å². The largest absolute Gasteiger partial charge is 0.481 e. The molecule has 1 saturated heterocycles. The molecule has 0 spiro atoms. The van der Waals surface area contributed by atoms with Gasteiger partial charge in [0, 0.05) is 23.1 Å². The molecule has 5 rings (SSSR count). The van der Waals surface area contributed by atoms with Crippen LogP contribution in [-0.2, 0) is 31.9 Å². The summed E-state index contributed by atoms with van der Waals surface area (Å²) in [5, 5.41) is 9.39. The van der Waals surface area contributed by atoms with Crippen molar-refractivity contribution in [3.8, 4) is 22.4 Å². The number of hydrogen-bond donors (Lipinski definition) is 2. The molecule has 0 radical (unpaired) electrons. The smallest absolute Gasteiger partial charge is 0.305 e. The highest BCUT2D eigenvalue weighted by atomic mass is 19.1. The second-order valence-corrected chi connectivity index (χ2v) is 12.1. The van der Waals surface area contributed by atoms with Crippen molar-refractivity contribution < 1.29 is 33.4 Å². The highest BCUT2D eigenvalue weighted by molar-refractivity contribution is 5.95. The van der Waals surface area contributed by atoms with Gasteiger partial charge in [-0.05, 0) is 85.5 Å². The third kappa shape index (κ3) is 6.90. The quantitative estimate of drug-likeness (QED) is 0.272. The van der Waals surface area contributed by atoms with Gasteiger partial charge in [0.05, 0.1) is 37.1 Å². The summed E-state index contributed by atoms with van der Waals surface area (Å²) in [7, 11) is 1.40. The summed E-state index contributed by atoms with van der Waals surface area (Å²) in [6, 6.07) is 12.2. The lowest BCUT2D eigenvalue weighted by atomic mass is 9.86. The zero-order valence-electron chi connectivity index (χ0n) is 25.8. The van der Waals surface area contributed by atoms with Gasteiger partial charge in [0.15, 0.2) is 5.79 Å². The summed E-state index contributed by atoms with van der Waals surface area (Å²) < 4.78 is 26.2. The first kappa shape index (κ1) is 31.5. The molecule has 1 fully saturated rings. The van der Waals surface area contributed by atoms with Gasteiger partial charge in [-0.2, -0.15) is 0 Å². The number of carbonyl (C=O) groups is 2. The Balaban J connectivity index is 1.70. The summed E-state index contributed by atoms with van der Waals surface area (Å²) in [5.74, 6) is -2.51. The van der Waals surface area contributed by atoms with E-state index in [1.807, 2.05) is 24.3 Å². The van der Waals surface area contributed by atoms with Gasteiger partial charge >= 0.3 is 5.97 Å². The molecule has 9 heteroatoms. The van der Waals surface area contributed by atoms with Crippen molar-refractivity contribution in [1.29, 1.82) is 0 Å². The Kier molecular flexibility index (Phi) is 9.29. The van der Waals surface area contributed by atoms with Gasteiger partial charge in [-0.15, -0.1) is 0 Å². The molecule has 0 unspecified atom stereocenters. The van der Waals surface area contributed by atoms with Crippen LogP contribution >= 0.6 is 0 Å². The Morgan fingerprint density at radius 3 is 2.59 bits per heavy atom. The molecule has 1 aliphatic carbocycles. The average molecular weight is 603 g/mol. The van der Waals surface area contributed by atoms with Gasteiger partial charge in [0.1, 0.15) is 5.82 Å². The minimum Gasteiger partial charge on any atom is -0.481 e. The Morgan fingerprint density at radius 2 is 1.91 bits per heavy atom. The molecule has 3 aromatic rings. The number of aromatic nitrogens is 1. The van der Waals surface area contributed by atoms with Crippen LogP contribution in [0.5, 0.6) is 0 Å². The summed E-state index contributed by atoms with van der Waals surface area (Å²) in [6.07, 6.45) is 5.82. The number of aliphatic carboxylic acids is 1. The van der Waals surface area contributed by atoms with E-state index >= 15 is 0 Å². The first-order valence-corrected chi connectivity index (χ1v) is 15.0. The van der Waals surface area contributed by atoms with Crippen molar-refractivity contribution in [2.45, 2.75) is 83.7 Å². The van der Waals surface area contributed by atoms with E-state index in [0.717, 1.165) is 64.0 Å². The Hall–Kier alpha value is -3.92. The molecule has 1 amide bonds. The molecular weight excluding hydrogens is 563 g/mol. The molecule has 0 saturated carbocycles. The van der Waals surface area contributed by atoms with E-state index < -0.39 is 17.9 Å². The van der Waals surface area contributed by atoms with Gasteiger partial charge in [-0.3, -0.25) is 19.4 Å². The Morgan fingerprint density at radius 1 is 1.16 bits per heavy atom. The number of nitrogens with one attached hydrogen (secondary N) is 1. The van der Waals surface area contributed by atoms with Crippen LogP contribution in [0.3, 0.4) is 0 Å². The number of aryl methyl sites for hydroxylation is 1. The predicted molar refractivity (Wildman–Crippen MR) is 165 cm³/mol. The van der Waals surface area contributed by atoms with Crippen LogP contribution in [0.2, 0.25) is 0 Å². The lowest BCUT2D eigenvalue weighted by molar-refractivity contribution is -0.290. The molecule has 8 nitrogen and oxygen atoms in total. The van der Waals surface area contributed by atoms with E-state index in [1.54, 1.807) is 32.0 Å². The van der Waals surface area contributed by atoms with Crippen molar-refractivity contribution in [2.75, 3.05) is 7.11 Å². The maximum atomic E-state index is 14.1. The summed E-state index contributed by atoms with van der Waals surface area (Å²) >= 11 is 0. The van der Waals surface area contributed by atoms with Crippen molar-refractivity contribution in [2.24, 2.45) is 0 Å². The molecule has 1 aliphatic heterocycles. The van der Waals surface area contributed by atoms with E-state index in [9.17, 15) is 19.1 Å². The fourth-order valence-electron chi connectivity index (χ4n) is 6.23. The number of hydroxylamine groups is 1. The molecule has 2 aromatic carbocycles. The van der Waals surface area contributed by atoms with Crippen LogP contribution in [-0.4, -0.2) is 47.1 Å². The van der Waals surface area contributed by atoms with Crippen molar-refractivity contribution in [3.63, 3.8) is 0 Å². The normalized spacial score (nSPS) is 19.3. The second-order valence-electron chi connectivity index (χ2n) is 12.1. The fourth-order valence-corrected chi connectivity index (χ4v) is 6.23. The van der Waals surface area contributed by atoms with E-state index in [0.29, 0.717) is 12.0 Å². The molecule has 1 aromatic heterocycles. The molecule has 2 aliphatic rings. The monoisotopic (exact) mass is 602 g/mol. The van der Waals surface area contributed by atoms with Gasteiger partial charge in [-0.25, -0.2) is 9.87 Å². The Labute approximate surface area is 257 Å². The number of carboxylic acids is 1. The van der Waals surface area contributed by atoms with Crippen molar-refractivity contribution in [1.82, 2.24) is 10.5 Å². The average Bonchev–Trinajstić information content (AvgIpc) is 3.13. The number of carboxylic acid groups (broad SMARTS) is 1. The van der Waals surface area contributed by atoms with Crippen LogP contribution < -0.4 is 5.48 Å². The van der Waals surface area contributed by atoms with Crippen LogP contribution in [0.25, 0.3) is 28.5 Å². The first-order chi connectivity index (χ1) is 21.0. The zero-order valence-corrected chi connectivity index (χ0v) is 25.8. The molecule has 0 bridgehead atoms. The summed E-state index contributed by atoms with van der Waals surface area (Å²) in [4.78, 5) is 34.3. The van der Waals surface area contributed by atoms with E-state index in [-0.39, 0.29) is 30.2 Å². The number of amides is 1. The number of carbonyl (C=O) groups excluding carboxylic acids is 1. The van der Waals surface area contributed by atoms with Crippen LogP contribution in [0.4, 0.5) is 4.39 Å². The van der Waals surface area contributed by atoms with Gasteiger partial charge in [0.2, 0.25) is 0 Å². The number of hydrogen-bond acceptors (Lipinski definition) is 6. The molecule has 44 heavy (non-hydrogen) atoms. The molecule has 2 heterocycles. The fraction of sp³-hybridized carbons (Fsp3) is 0.400. The minimum absolute atomic E-state index is 0.0256. The molecular formula is C35H39FN2O6. The van der Waals surface area contributed by atoms with Gasteiger partial charge in [0.25, 0.3) is 5.91 Å². The van der Waals surface area contributed by atoms with Crippen LogP contribution in [0, 0.1) is 5.82 Å². The molecule has 2 atom stereocenters. The lowest BCUT2D eigenvalue weighted by Crippen LogP contribution is -2.44. The van der Waals surface area contributed by atoms with Crippen LogP contribution in [0.15, 0.2) is 48.5 Å². The first-order valence-electron chi connectivity index (χ1n) is 15.0. The SMILES string of the molecule is CONC(=O)c1ccc2c(c1)-c1nc(C(C)C)c(C=C[C@@H]3C[C@H](CC(=O)O)OC(C)(C)O3)c(-c3ccc(F)cc3)c1CCC2. The predicted octanol–water partition coefficient (Wildman–Crippen LogP) is 6.86. The number of rotatable bonds is 8. The topological polar surface area (TPSA) is 107 Å². The van der Waals surface area contributed by atoms with Gasteiger partial charge < -0.3 is 14.6 Å². The standard InChI is InChI=1S/C35H39FN2O6/c1-20(2)32-28(16-15-25-18-26(19-30(39)40)44-35(3,4)43-25)31(22-11-13-24(36)14-12-22)27-8-6-7-21-9-10-23(34(41)38-42-5)17-29(21)33(27)37-32/h9-17,20,25-26H,6-8,18-19H2,1-5H3,(H,38,41)(H,39,40)/t25-,26-/m1/s1. The molecule has 2 N–H and O–H groups in total. The number of halogens is 1. The third-order valence-electron chi connectivity index (χ3n) is 8.00. The number of pyridine rings is 1. The minimum atomic E-state index is -0.948.